The van der Waals surface area contributed by atoms with Crippen LogP contribution in [-0.4, -0.2) is 78.8 Å². The smallest absolute Gasteiger partial charge is 0.172 e. The molecule has 6 aliphatic rings. The fourth-order valence-electron chi connectivity index (χ4n) is 10.7. The third-order valence-corrected chi connectivity index (χ3v) is 13.8. The highest BCUT2D eigenvalue weighted by Crippen LogP contribution is 2.71. The molecule has 0 radical (unpaired) electrons. The van der Waals surface area contributed by atoms with E-state index in [0.717, 1.165) is 25.7 Å². The van der Waals surface area contributed by atoms with Crippen molar-refractivity contribution in [2.75, 3.05) is 13.2 Å². The largest absolute Gasteiger partial charge is 0.396 e. The first-order valence-corrected chi connectivity index (χ1v) is 16.2. The minimum Gasteiger partial charge on any atom is -0.396 e. The van der Waals surface area contributed by atoms with Crippen LogP contribution in [0.1, 0.15) is 105 Å². The van der Waals surface area contributed by atoms with Gasteiger partial charge in [-0.15, -0.1) is 13.2 Å². The molecule has 0 aromatic heterocycles. The average molecular weight is 593 g/mol. The fourth-order valence-corrected chi connectivity index (χ4v) is 10.7. The van der Waals surface area contributed by atoms with Gasteiger partial charge in [0.1, 0.15) is 0 Å². The van der Waals surface area contributed by atoms with E-state index in [4.69, 9.17) is 9.47 Å². The minimum absolute atomic E-state index is 0.0237. The van der Waals surface area contributed by atoms with Crippen molar-refractivity contribution in [3.8, 4) is 0 Å². The summed E-state index contributed by atoms with van der Waals surface area (Å²) in [5, 5.41) is 63.1. The van der Waals surface area contributed by atoms with Crippen molar-refractivity contribution in [1.29, 1.82) is 0 Å². The molecule has 0 unspecified atom stereocenters. The monoisotopic (exact) mass is 592 g/mol. The lowest BCUT2D eigenvalue weighted by molar-refractivity contribution is -0.341. The highest BCUT2D eigenvalue weighted by atomic mass is 16.7. The van der Waals surface area contributed by atoms with Crippen molar-refractivity contribution in [2.45, 2.75) is 140 Å². The van der Waals surface area contributed by atoms with Crippen LogP contribution >= 0.6 is 0 Å². The zero-order valence-corrected chi connectivity index (χ0v) is 26.3. The van der Waals surface area contributed by atoms with Crippen LogP contribution in [0.5, 0.6) is 0 Å². The molecule has 8 nitrogen and oxygen atoms in total. The predicted molar refractivity (Wildman–Crippen MR) is 159 cm³/mol. The maximum Gasteiger partial charge on any atom is 0.172 e. The second-order valence-electron chi connectivity index (χ2n) is 15.8. The van der Waals surface area contributed by atoms with Crippen molar-refractivity contribution < 1.29 is 40.1 Å². The van der Waals surface area contributed by atoms with E-state index in [2.05, 4.69) is 27.0 Å². The van der Waals surface area contributed by atoms with Gasteiger partial charge in [0.25, 0.3) is 0 Å². The van der Waals surface area contributed by atoms with Crippen molar-refractivity contribution >= 4 is 0 Å². The lowest BCUT2D eigenvalue weighted by atomic mass is 9.54. The van der Waals surface area contributed by atoms with Gasteiger partial charge in [0.2, 0.25) is 0 Å². The first kappa shape index (κ1) is 32.6. The molecule has 4 saturated heterocycles. The van der Waals surface area contributed by atoms with Gasteiger partial charge in [-0.05, 0) is 64.2 Å². The van der Waals surface area contributed by atoms with E-state index in [1.54, 1.807) is 0 Å². The number of fused-ring (bicyclic) bond motifs is 2. The molecule has 8 heteroatoms. The van der Waals surface area contributed by atoms with Gasteiger partial charge in [0, 0.05) is 59.6 Å². The molecule has 6 fully saturated rings. The van der Waals surface area contributed by atoms with Crippen LogP contribution in [0.2, 0.25) is 0 Å². The average Bonchev–Trinajstić information content (AvgIpc) is 3.25. The first-order valence-electron chi connectivity index (χ1n) is 16.2. The summed E-state index contributed by atoms with van der Waals surface area (Å²) in [5.74, 6) is -2.40. The van der Waals surface area contributed by atoms with Gasteiger partial charge in [0.05, 0.1) is 23.4 Å². The number of rotatable bonds is 6. The summed E-state index contributed by atoms with van der Waals surface area (Å²) in [6.07, 6.45) is 10.9. The van der Waals surface area contributed by atoms with Crippen molar-refractivity contribution in [1.82, 2.24) is 0 Å². The van der Waals surface area contributed by atoms with E-state index in [0.29, 0.717) is 51.4 Å². The number of hydrogen-bond donors (Lipinski definition) is 6. The highest BCUT2D eigenvalue weighted by molar-refractivity contribution is 5.22. The van der Waals surface area contributed by atoms with Crippen molar-refractivity contribution in [3.63, 3.8) is 0 Å². The molecule has 2 spiro atoms. The number of allylic oxidation sites excluding steroid dienone is 2. The Kier molecular flexibility index (Phi) is 8.02. The Morgan fingerprint density at radius 2 is 1.00 bits per heavy atom. The Morgan fingerprint density at radius 1 is 0.643 bits per heavy atom. The van der Waals surface area contributed by atoms with Gasteiger partial charge in [0.15, 0.2) is 11.6 Å². The standard InChI is InChI=1S/2C17H28O4/c2*1-4-7-14(2)11-16-12(10-18)5-6-13(19)15(16,3)8-9-17(14,20)21-16/h2*4,12-13,18-20H,1,5-11H2,2-3H3/t2*12-,13-,14-,15-,16+,17-/m10/s1. The van der Waals surface area contributed by atoms with Gasteiger partial charge in [-0.3, -0.25) is 0 Å². The van der Waals surface area contributed by atoms with Crippen molar-refractivity contribution in [2.24, 2.45) is 33.5 Å². The van der Waals surface area contributed by atoms with Gasteiger partial charge in [-0.25, -0.2) is 0 Å². The molecule has 4 heterocycles. The van der Waals surface area contributed by atoms with E-state index in [9.17, 15) is 30.6 Å². The molecule has 6 rings (SSSR count). The van der Waals surface area contributed by atoms with Crippen LogP contribution in [0.15, 0.2) is 25.3 Å². The third-order valence-electron chi connectivity index (χ3n) is 13.8. The van der Waals surface area contributed by atoms with Crippen LogP contribution < -0.4 is 0 Å². The number of hydrogen-bond acceptors (Lipinski definition) is 8. The Hall–Kier alpha value is -0.840. The molecule has 2 aliphatic carbocycles. The van der Waals surface area contributed by atoms with Crippen LogP contribution in [0, 0.1) is 33.5 Å². The first-order chi connectivity index (χ1) is 19.5. The molecule has 0 amide bonds. The molecule has 6 N–H and O–H groups in total. The number of aliphatic hydroxyl groups excluding tert-OH is 4. The summed E-state index contributed by atoms with van der Waals surface area (Å²) in [6.45, 7) is 16.0. The van der Waals surface area contributed by atoms with E-state index in [-0.39, 0.29) is 25.0 Å². The maximum absolute atomic E-state index is 11.1. The number of aliphatic hydroxyl groups is 6. The third kappa shape index (κ3) is 4.02. The second-order valence-corrected chi connectivity index (χ2v) is 15.8. The highest BCUT2D eigenvalue weighted by Gasteiger charge is 2.75. The lowest BCUT2D eigenvalue weighted by Crippen LogP contribution is -2.64. The second kappa shape index (κ2) is 10.3. The van der Waals surface area contributed by atoms with E-state index >= 15 is 0 Å². The van der Waals surface area contributed by atoms with Crippen LogP contribution in [-0.2, 0) is 9.47 Å². The van der Waals surface area contributed by atoms with Crippen LogP contribution in [0.3, 0.4) is 0 Å². The Bertz CT molecular complexity index is 986. The molecule has 240 valence electrons. The zero-order chi connectivity index (χ0) is 31.0. The summed E-state index contributed by atoms with van der Waals surface area (Å²) < 4.78 is 12.6. The Labute approximate surface area is 251 Å². The van der Waals surface area contributed by atoms with E-state index in [1.165, 1.54) is 0 Å². The fraction of sp³-hybridized carbons (Fsp3) is 0.882. The molecular weight excluding hydrogens is 536 g/mol. The predicted octanol–water partition coefficient (Wildman–Crippen LogP) is 3.96. The van der Waals surface area contributed by atoms with Crippen LogP contribution in [0.25, 0.3) is 0 Å². The topological polar surface area (TPSA) is 140 Å². The molecule has 2 saturated carbocycles. The quantitative estimate of drug-likeness (QED) is 0.255. The molecule has 0 aromatic carbocycles. The Morgan fingerprint density at radius 3 is 1.31 bits per heavy atom. The normalized spacial score (nSPS) is 56.0. The lowest BCUT2D eigenvalue weighted by Gasteiger charge is -2.59. The minimum atomic E-state index is -1.18. The molecule has 4 bridgehead atoms. The molecular formula is C34H56O8. The van der Waals surface area contributed by atoms with E-state index in [1.807, 2.05) is 26.0 Å². The molecule has 42 heavy (non-hydrogen) atoms. The maximum atomic E-state index is 11.1. The Balaban J connectivity index is 0.000000168. The van der Waals surface area contributed by atoms with Crippen LogP contribution in [0.4, 0.5) is 0 Å². The summed E-state index contributed by atoms with van der Waals surface area (Å²) in [5.41, 5.74) is -2.88. The van der Waals surface area contributed by atoms with Gasteiger partial charge >= 0.3 is 0 Å². The van der Waals surface area contributed by atoms with Gasteiger partial charge < -0.3 is 40.1 Å². The number of ether oxygens (including phenoxy) is 2. The molecule has 12 atom stereocenters. The summed E-state index contributed by atoms with van der Waals surface area (Å²) >= 11 is 0. The van der Waals surface area contributed by atoms with Gasteiger partial charge in [-0.1, -0.05) is 39.8 Å². The van der Waals surface area contributed by atoms with E-state index < -0.39 is 56.6 Å². The SMILES string of the molecule is C=CC[C@@]1(C)C[C@]23O[C@@]1(O)CC[C@@]2(C)[C@@H](O)CC[C@H]3CO.C=CC[C@]1(C)C[C@@]23O[C@]1(O)CC[C@]2(C)[C@H](O)CC[C@@H]3CO. The summed E-state index contributed by atoms with van der Waals surface area (Å²) in [6, 6.07) is 0. The molecule has 4 aliphatic heterocycles. The zero-order valence-electron chi connectivity index (χ0n) is 26.3. The summed E-state index contributed by atoms with van der Waals surface area (Å²) in [7, 11) is 0. The summed E-state index contributed by atoms with van der Waals surface area (Å²) in [4.78, 5) is 0. The molecule has 0 aromatic rings. The van der Waals surface area contributed by atoms with Crippen molar-refractivity contribution in [3.05, 3.63) is 25.3 Å². The van der Waals surface area contributed by atoms with Gasteiger partial charge in [-0.2, -0.15) is 0 Å².